The van der Waals surface area contributed by atoms with E-state index in [9.17, 15) is 0 Å². The maximum atomic E-state index is 3.64. The molecule has 17 heavy (non-hydrogen) atoms. The van der Waals surface area contributed by atoms with Gasteiger partial charge < -0.3 is 5.32 Å². The van der Waals surface area contributed by atoms with Crippen LogP contribution in [0.2, 0.25) is 0 Å². The first kappa shape index (κ1) is 13.4. The molecule has 2 aliphatic heterocycles. The zero-order valence-electron chi connectivity index (χ0n) is 12.0. The topological polar surface area (TPSA) is 15.3 Å². The van der Waals surface area contributed by atoms with Gasteiger partial charge in [-0.3, -0.25) is 4.90 Å². The molecule has 2 saturated heterocycles. The lowest BCUT2D eigenvalue weighted by atomic mass is 9.76. The first-order valence-electron chi connectivity index (χ1n) is 7.54. The molecule has 0 radical (unpaired) electrons. The summed E-state index contributed by atoms with van der Waals surface area (Å²) in [6, 6.07) is 0. The summed E-state index contributed by atoms with van der Waals surface area (Å²) in [6.45, 7) is 12.3. The van der Waals surface area contributed by atoms with Crippen LogP contribution in [-0.4, -0.2) is 36.6 Å². The highest BCUT2D eigenvalue weighted by atomic mass is 15.2. The average molecular weight is 238 g/mol. The van der Waals surface area contributed by atoms with Gasteiger partial charge in [-0.15, -0.1) is 0 Å². The molecule has 0 amide bonds. The first-order chi connectivity index (χ1) is 8.08. The van der Waals surface area contributed by atoms with Gasteiger partial charge in [-0.2, -0.15) is 0 Å². The Labute approximate surface area is 107 Å². The van der Waals surface area contributed by atoms with Gasteiger partial charge in [0.15, 0.2) is 0 Å². The summed E-state index contributed by atoms with van der Waals surface area (Å²) in [7, 11) is 0. The molecule has 0 aromatic heterocycles. The predicted molar refractivity (Wildman–Crippen MR) is 74.3 cm³/mol. The van der Waals surface area contributed by atoms with Crippen LogP contribution in [0, 0.1) is 5.41 Å². The van der Waals surface area contributed by atoms with E-state index in [1.54, 1.807) is 0 Å². The molecule has 100 valence electrons. The van der Waals surface area contributed by atoms with Crippen molar-refractivity contribution in [1.29, 1.82) is 0 Å². The quantitative estimate of drug-likeness (QED) is 0.810. The second kappa shape index (κ2) is 5.27. The smallest absolute Gasteiger partial charge is 0.0153 e. The van der Waals surface area contributed by atoms with Crippen molar-refractivity contribution in [3.63, 3.8) is 0 Å². The van der Waals surface area contributed by atoms with Crippen molar-refractivity contribution in [2.24, 2.45) is 5.41 Å². The summed E-state index contributed by atoms with van der Waals surface area (Å²) in [4.78, 5) is 2.76. The van der Waals surface area contributed by atoms with Crippen LogP contribution >= 0.6 is 0 Å². The summed E-state index contributed by atoms with van der Waals surface area (Å²) in [5.74, 6) is 0. The van der Waals surface area contributed by atoms with Crippen LogP contribution in [0.15, 0.2) is 0 Å². The lowest BCUT2D eigenvalue weighted by Gasteiger charge is -2.44. The minimum absolute atomic E-state index is 0.443. The van der Waals surface area contributed by atoms with E-state index in [-0.39, 0.29) is 0 Å². The summed E-state index contributed by atoms with van der Waals surface area (Å²) >= 11 is 0. The van der Waals surface area contributed by atoms with Gasteiger partial charge >= 0.3 is 0 Å². The summed E-state index contributed by atoms with van der Waals surface area (Å²) in [5.41, 5.74) is 1.01. The maximum absolute atomic E-state index is 3.64. The molecule has 0 spiro atoms. The van der Waals surface area contributed by atoms with E-state index in [1.807, 2.05) is 0 Å². The molecule has 1 atom stereocenters. The minimum atomic E-state index is 0.443. The molecule has 0 bridgehead atoms. The van der Waals surface area contributed by atoms with Gasteiger partial charge in [-0.05, 0) is 64.5 Å². The molecule has 0 saturated carbocycles. The Balaban J connectivity index is 2.01. The van der Waals surface area contributed by atoms with Gasteiger partial charge in [-0.25, -0.2) is 0 Å². The molecule has 0 aromatic rings. The van der Waals surface area contributed by atoms with E-state index in [4.69, 9.17) is 0 Å². The Morgan fingerprint density at radius 2 is 2.00 bits per heavy atom. The van der Waals surface area contributed by atoms with Crippen LogP contribution in [0.4, 0.5) is 0 Å². The Kier molecular flexibility index (Phi) is 4.14. The molecule has 2 heteroatoms. The second-order valence-electron chi connectivity index (χ2n) is 6.87. The molecule has 2 heterocycles. The number of likely N-dealkylation sites (tertiary alicyclic amines) is 1. The van der Waals surface area contributed by atoms with Crippen molar-refractivity contribution < 1.29 is 0 Å². The zero-order chi connectivity index (χ0) is 12.4. The van der Waals surface area contributed by atoms with Gasteiger partial charge in [0.05, 0.1) is 0 Å². The molecule has 2 nitrogen and oxygen atoms in total. The van der Waals surface area contributed by atoms with Crippen LogP contribution < -0.4 is 5.32 Å². The van der Waals surface area contributed by atoms with Crippen molar-refractivity contribution in [3.8, 4) is 0 Å². The van der Waals surface area contributed by atoms with Crippen LogP contribution in [0.3, 0.4) is 0 Å². The van der Waals surface area contributed by atoms with Crippen molar-refractivity contribution in [1.82, 2.24) is 10.2 Å². The monoisotopic (exact) mass is 238 g/mol. The van der Waals surface area contributed by atoms with Gasteiger partial charge in [-0.1, -0.05) is 13.3 Å². The van der Waals surface area contributed by atoms with Crippen LogP contribution in [0.5, 0.6) is 0 Å². The van der Waals surface area contributed by atoms with Crippen molar-refractivity contribution in [2.75, 3.05) is 26.2 Å². The van der Waals surface area contributed by atoms with Crippen LogP contribution in [0.1, 0.15) is 59.3 Å². The number of piperidine rings is 1. The molecule has 2 fully saturated rings. The van der Waals surface area contributed by atoms with Crippen molar-refractivity contribution in [2.45, 2.75) is 64.8 Å². The molecule has 0 aliphatic carbocycles. The zero-order valence-corrected chi connectivity index (χ0v) is 12.0. The Morgan fingerprint density at radius 1 is 1.18 bits per heavy atom. The molecular formula is C15H30N2. The standard InChI is InChI=1S/C15H30N2/c1-4-7-15(9-5-10-16-12-15)13-17-11-6-8-14(17,2)3/h16H,4-13H2,1-3H3. The third-order valence-corrected chi connectivity index (χ3v) is 4.94. The lowest BCUT2D eigenvalue weighted by Crippen LogP contribution is -2.51. The molecule has 1 N–H and O–H groups in total. The van der Waals surface area contributed by atoms with Crippen LogP contribution in [-0.2, 0) is 0 Å². The maximum Gasteiger partial charge on any atom is 0.0153 e. The molecular weight excluding hydrogens is 208 g/mol. The van der Waals surface area contributed by atoms with Crippen molar-refractivity contribution in [3.05, 3.63) is 0 Å². The summed E-state index contributed by atoms with van der Waals surface area (Å²) in [5, 5.41) is 3.64. The van der Waals surface area contributed by atoms with Gasteiger partial charge in [0.2, 0.25) is 0 Å². The van der Waals surface area contributed by atoms with Gasteiger partial charge in [0.25, 0.3) is 0 Å². The van der Waals surface area contributed by atoms with E-state index in [0.29, 0.717) is 11.0 Å². The average Bonchev–Trinajstić information content (AvgIpc) is 2.60. The van der Waals surface area contributed by atoms with Gasteiger partial charge in [0.1, 0.15) is 0 Å². The Morgan fingerprint density at radius 3 is 2.53 bits per heavy atom. The largest absolute Gasteiger partial charge is 0.316 e. The van der Waals surface area contributed by atoms with Crippen LogP contribution in [0.25, 0.3) is 0 Å². The van der Waals surface area contributed by atoms with E-state index in [0.717, 1.165) is 0 Å². The number of nitrogens with one attached hydrogen (secondary N) is 1. The molecule has 2 aliphatic rings. The molecule has 2 rings (SSSR count). The SMILES string of the molecule is CCCC1(CN2CCCC2(C)C)CCCNC1. The van der Waals surface area contributed by atoms with Crippen molar-refractivity contribution >= 4 is 0 Å². The number of hydrogen-bond donors (Lipinski definition) is 1. The first-order valence-corrected chi connectivity index (χ1v) is 7.54. The normalized spacial score (nSPS) is 34.1. The number of hydrogen-bond acceptors (Lipinski definition) is 2. The fraction of sp³-hybridized carbons (Fsp3) is 1.00. The van der Waals surface area contributed by atoms with E-state index in [2.05, 4.69) is 31.0 Å². The summed E-state index contributed by atoms with van der Waals surface area (Å²) < 4.78 is 0. The third-order valence-electron chi connectivity index (χ3n) is 4.94. The third kappa shape index (κ3) is 3.03. The molecule has 1 unspecified atom stereocenters. The minimum Gasteiger partial charge on any atom is -0.316 e. The second-order valence-corrected chi connectivity index (χ2v) is 6.87. The highest BCUT2D eigenvalue weighted by Crippen LogP contribution is 2.37. The fourth-order valence-electron chi connectivity index (χ4n) is 3.85. The lowest BCUT2D eigenvalue weighted by molar-refractivity contribution is 0.0679. The highest BCUT2D eigenvalue weighted by Gasteiger charge is 2.39. The highest BCUT2D eigenvalue weighted by molar-refractivity contribution is 4.95. The van der Waals surface area contributed by atoms with E-state index in [1.165, 1.54) is 64.7 Å². The van der Waals surface area contributed by atoms with Gasteiger partial charge in [0, 0.05) is 18.6 Å². The molecule has 0 aromatic carbocycles. The fourth-order valence-corrected chi connectivity index (χ4v) is 3.85. The van der Waals surface area contributed by atoms with E-state index >= 15 is 0 Å². The predicted octanol–water partition coefficient (Wildman–Crippen LogP) is 3.03. The Bertz CT molecular complexity index is 236. The number of nitrogens with zero attached hydrogens (tertiary/aromatic N) is 1. The van der Waals surface area contributed by atoms with E-state index < -0.39 is 0 Å². The summed E-state index contributed by atoms with van der Waals surface area (Å²) in [6.07, 6.45) is 8.29. The number of rotatable bonds is 4. The Hall–Kier alpha value is -0.0800.